The van der Waals surface area contributed by atoms with Gasteiger partial charge < -0.3 is 20.0 Å². The maximum absolute atomic E-state index is 11.0. The van der Waals surface area contributed by atoms with E-state index in [2.05, 4.69) is 30.5 Å². The molecule has 2 aliphatic rings. The van der Waals surface area contributed by atoms with Gasteiger partial charge in [-0.2, -0.15) is 0 Å². The average Bonchev–Trinajstić information content (AvgIpc) is 3.11. The number of fused-ring (bicyclic) bond motifs is 3. The van der Waals surface area contributed by atoms with Crippen LogP contribution in [-0.4, -0.2) is 13.1 Å². The summed E-state index contributed by atoms with van der Waals surface area (Å²) in [7, 11) is 1.69. The van der Waals surface area contributed by atoms with E-state index in [1.807, 2.05) is 18.2 Å². The lowest BCUT2D eigenvalue weighted by Gasteiger charge is -2.39. The quantitative estimate of drug-likeness (QED) is 0.876. The van der Waals surface area contributed by atoms with Crippen molar-refractivity contribution in [1.82, 2.24) is 0 Å². The maximum atomic E-state index is 11.0. The fourth-order valence-corrected chi connectivity index (χ4v) is 4.20. The van der Waals surface area contributed by atoms with Gasteiger partial charge in [-0.15, -0.1) is 0 Å². The Morgan fingerprint density at radius 3 is 2.64 bits per heavy atom. The van der Waals surface area contributed by atoms with Crippen molar-refractivity contribution in [3.05, 3.63) is 70.8 Å². The Hall–Kier alpha value is -2.75. The number of hydrogen-bond donors (Lipinski definition) is 1. The van der Waals surface area contributed by atoms with E-state index in [9.17, 15) is 9.90 Å². The zero-order chi connectivity index (χ0) is 17.6. The summed E-state index contributed by atoms with van der Waals surface area (Å²) in [5, 5.41) is 14.7. The fraction of sp³-hybridized carbons (Fsp3) is 0.286. The highest BCUT2D eigenvalue weighted by Crippen LogP contribution is 2.53. The normalized spacial score (nSPS) is 23.5. The molecule has 0 bridgehead atoms. The molecule has 0 spiro atoms. The van der Waals surface area contributed by atoms with Crippen molar-refractivity contribution in [2.24, 2.45) is 5.92 Å². The average molecular weight is 334 g/mol. The summed E-state index contributed by atoms with van der Waals surface area (Å²) in [6, 6.07) is 11.2. The summed E-state index contributed by atoms with van der Waals surface area (Å²) in [5.41, 5.74) is 4.90. The van der Waals surface area contributed by atoms with Crippen molar-refractivity contribution in [2.75, 3.05) is 12.4 Å². The highest BCUT2D eigenvalue weighted by molar-refractivity contribution is 5.85. The molecule has 0 saturated heterocycles. The monoisotopic (exact) mass is 334 g/mol. The van der Waals surface area contributed by atoms with E-state index in [0.29, 0.717) is 11.8 Å². The first kappa shape index (κ1) is 15.8. The number of nitrogens with one attached hydrogen (secondary N) is 1. The van der Waals surface area contributed by atoms with Gasteiger partial charge in [0.25, 0.3) is 0 Å². The Bertz CT molecular complexity index is 854. The Kier molecular flexibility index (Phi) is 3.75. The van der Waals surface area contributed by atoms with E-state index in [-0.39, 0.29) is 11.6 Å². The largest absolute Gasteiger partial charge is 0.545 e. The van der Waals surface area contributed by atoms with Crippen LogP contribution in [0.15, 0.2) is 48.6 Å². The molecule has 4 nitrogen and oxygen atoms in total. The molecule has 3 atom stereocenters. The van der Waals surface area contributed by atoms with Crippen molar-refractivity contribution >= 4 is 11.7 Å². The third kappa shape index (κ3) is 2.49. The highest BCUT2D eigenvalue weighted by Gasteiger charge is 2.39. The number of allylic oxidation sites excluding steroid dienone is 2. The molecule has 128 valence electrons. The number of methoxy groups -OCH3 is 1. The Labute approximate surface area is 147 Å². The number of benzene rings is 2. The van der Waals surface area contributed by atoms with Crippen LogP contribution in [0.4, 0.5) is 5.69 Å². The zero-order valence-electron chi connectivity index (χ0n) is 14.3. The van der Waals surface area contributed by atoms with E-state index in [4.69, 9.17) is 4.74 Å². The number of aryl methyl sites for hydroxylation is 1. The molecule has 0 amide bonds. The number of aromatic carboxylic acids is 1. The van der Waals surface area contributed by atoms with Gasteiger partial charge >= 0.3 is 0 Å². The van der Waals surface area contributed by atoms with Gasteiger partial charge in [-0.05, 0) is 47.6 Å². The van der Waals surface area contributed by atoms with Crippen LogP contribution in [0.3, 0.4) is 0 Å². The summed E-state index contributed by atoms with van der Waals surface area (Å²) in [4.78, 5) is 11.0. The van der Waals surface area contributed by atoms with Crippen molar-refractivity contribution in [2.45, 2.75) is 25.3 Å². The molecule has 0 unspecified atom stereocenters. The van der Waals surface area contributed by atoms with Crippen LogP contribution in [0.2, 0.25) is 0 Å². The minimum absolute atomic E-state index is 0.110. The number of carbonyl (C=O) groups excluding carboxylic acids is 1. The SMILES string of the molecule is COc1ccc(C)c2c1N[C@@H](c1ccc(C(=O)[O-])cc1)[C@@H]1CC=C[C@@H]21. The number of ether oxygens (including phenoxy) is 1. The fourth-order valence-electron chi connectivity index (χ4n) is 4.20. The van der Waals surface area contributed by atoms with Crippen molar-refractivity contribution in [1.29, 1.82) is 0 Å². The van der Waals surface area contributed by atoms with Crippen LogP contribution in [0.5, 0.6) is 5.75 Å². The first-order chi connectivity index (χ1) is 12.1. The number of hydrogen-bond acceptors (Lipinski definition) is 4. The molecule has 0 aromatic heterocycles. The predicted molar refractivity (Wildman–Crippen MR) is 94.9 cm³/mol. The van der Waals surface area contributed by atoms with Crippen LogP contribution < -0.4 is 15.2 Å². The lowest BCUT2D eigenvalue weighted by molar-refractivity contribution is -0.255. The van der Waals surface area contributed by atoms with Gasteiger partial charge in [0.15, 0.2) is 0 Å². The van der Waals surface area contributed by atoms with E-state index < -0.39 is 5.97 Å². The second-order valence-corrected chi connectivity index (χ2v) is 6.76. The van der Waals surface area contributed by atoms with Gasteiger partial charge in [0, 0.05) is 5.92 Å². The lowest BCUT2D eigenvalue weighted by atomic mass is 9.75. The zero-order valence-corrected chi connectivity index (χ0v) is 14.3. The minimum atomic E-state index is -1.15. The molecule has 25 heavy (non-hydrogen) atoms. The molecule has 1 N–H and O–H groups in total. The molecule has 1 heterocycles. The molecule has 4 heteroatoms. The minimum Gasteiger partial charge on any atom is -0.545 e. The number of carbonyl (C=O) groups is 1. The standard InChI is InChI=1S/C21H21NO3/c1-12-6-11-17(25-2)20-18(12)15-4-3-5-16(15)19(22-20)13-7-9-14(10-8-13)21(23)24/h3-4,6-11,15-16,19,22H,5H2,1-2H3,(H,23,24)/p-1/t15-,16-,19+/m1/s1. The Morgan fingerprint density at radius 1 is 1.20 bits per heavy atom. The van der Waals surface area contributed by atoms with E-state index >= 15 is 0 Å². The van der Waals surface area contributed by atoms with Crippen LogP contribution in [0, 0.1) is 12.8 Å². The van der Waals surface area contributed by atoms with Gasteiger partial charge in [-0.1, -0.05) is 42.5 Å². The summed E-state index contributed by atoms with van der Waals surface area (Å²) in [5.74, 6) is 0.450. The van der Waals surface area contributed by atoms with Gasteiger partial charge in [-0.25, -0.2) is 0 Å². The van der Waals surface area contributed by atoms with Gasteiger partial charge in [-0.3, -0.25) is 0 Å². The van der Waals surface area contributed by atoms with Gasteiger partial charge in [0.05, 0.1) is 24.8 Å². The smallest absolute Gasteiger partial charge is 0.142 e. The van der Waals surface area contributed by atoms with Gasteiger partial charge in [0.1, 0.15) is 5.75 Å². The van der Waals surface area contributed by atoms with E-state index in [0.717, 1.165) is 23.4 Å². The Morgan fingerprint density at radius 2 is 1.96 bits per heavy atom. The second kappa shape index (κ2) is 5.96. The first-order valence-corrected chi connectivity index (χ1v) is 8.52. The molecule has 2 aromatic carbocycles. The number of carboxylic acid groups (broad SMARTS) is 1. The summed E-state index contributed by atoms with van der Waals surface area (Å²) >= 11 is 0. The summed E-state index contributed by atoms with van der Waals surface area (Å²) in [6.07, 6.45) is 5.54. The molecule has 0 fully saturated rings. The highest BCUT2D eigenvalue weighted by atomic mass is 16.5. The lowest BCUT2D eigenvalue weighted by Crippen LogP contribution is -2.30. The van der Waals surface area contributed by atoms with E-state index in [1.165, 1.54) is 11.1 Å². The molecule has 0 radical (unpaired) electrons. The van der Waals surface area contributed by atoms with Gasteiger partial charge in [0.2, 0.25) is 0 Å². The molecule has 0 saturated carbocycles. The van der Waals surface area contributed by atoms with Crippen LogP contribution in [0.1, 0.15) is 45.4 Å². The molecule has 1 aliphatic carbocycles. The molecule has 4 rings (SSSR count). The predicted octanol–water partition coefficient (Wildman–Crippen LogP) is 3.19. The van der Waals surface area contributed by atoms with Crippen LogP contribution >= 0.6 is 0 Å². The number of anilines is 1. The Balaban J connectivity index is 1.79. The van der Waals surface area contributed by atoms with Crippen LogP contribution in [-0.2, 0) is 0 Å². The van der Waals surface area contributed by atoms with Crippen LogP contribution in [0.25, 0.3) is 0 Å². The van der Waals surface area contributed by atoms with Crippen molar-refractivity contribution in [3.63, 3.8) is 0 Å². The number of carboxylic acids is 1. The number of rotatable bonds is 3. The molecular weight excluding hydrogens is 314 g/mol. The summed E-state index contributed by atoms with van der Waals surface area (Å²) < 4.78 is 5.58. The molecule has 2 aromatic rings. The van der Waals surface area contributed by atoms with Crippen molar-refractivity contribution < 1.29 is 14.6 Å². The first-order valence-electron chi connectivity index (χ1n) is 8.52. The topological polar surface area (TPSA) is 61.4 Å². The van der Waals surface area contributed by atoms with Crippen molar-refractivity contribution in [3.8, 4) is 5.75 Å². The molecule has 1 aliphatic heterocycles. The van der Waals surface area contributed by atoms with E-state index in [1.54, 1.807) is 19.2 Å². The third-order valence-corrected chi connectivity index (χ3v) is 5.42. The second-order valence-electron chi connectivity index (χ2n) is 6.76. The molecular formula is C21H20NO3-. The third-order valence-electron chi connectivity index (χ3n) is 5.42. The maximum Gasteiger partial charge on any atom is 0.142 e. The summed E-state index contributed by atoms with van der Waals surface area (Å²) in [6.45, 7) is 2.14.